The van der Waals surface area contributed by atoms with Crippen LogP contribution in [0.25, 0.3) is 0 Å². The predicted molar refractivity (Wildman–Crippen MR) is 83.9 cm³/mol. The molecule has 0 spiro atoms. The van der Waals surface area contributed by atoms with Gasteiger partial charge in [-0.05, 0) is 39.4 Å². The van der Waals surface area contributed by atoms with E-state index in [-0.39, 0.29) is 5.41 Å². The van der Waals surface area contributed by atoms with Gasteiger partial charge in [0.2, 0.25) is 0 Å². The molecule has 2 rings (SSSR count). The highest BCUT2D eigenvalue weighted by Gasteiger charge is 2.33. The lowest BCUT2D eigenvalue weighted by atomic mass is 9.81. The van der Waals surface area contributed by atoms with Crippen LogP contribution in [-0.4, -0.2) is 45.3 Å². The van der Waals surface area contributed by atoms with Crippen LogP contribution in [0.5, 0.6) is 0 Å². The Balaban J connectivity index is 1.95. The minimum Gasteiger partial charge on any atom is -0.381 e. The fraction of sp³-hybridized carbons (Fsp3) is 0.647. The maximum absolute atomic E-state index is 5.74. The Labute approximate surface area is 123 Å². The van der Waals surface area contributed by atoms with E-state index in [0.717, 1.165) is 32.8 Å². The first-order valence-corrected chi connectivity index (χ1v) is 7.60. The van der Waals surface area contributed by atoms with Crippen molar-refractivity contribution in [1.82, 2.24) is 10.2 Å². The van der Waals surface area contributed by atoms with E-state index in [4.69, 9.17) is 4.74 Å². The van der Waals surface area contributed by atoms with Gasteiger partial charge in [-0.15, -0.1) is 0 Å². The van der Waals surface area contributed by atoms with Gasteiger partial charge in [0.15, 0.2) is 0 Å². The number of hydrogen-bond donors (Lipinski definition) is 1. The van der Waals surface area contributed by atoms with Crippen molar-refractivity contribution in [2.24, 2.45) is 5.41 Å². The molecule has 0 radical (unpaired) electrons. The quantitative estimate of drug-likeness (QED) is 0.864. The summed E-state index contributed by atoms with van der Waals surface area (Å²) in [6.07, 6.45) is 2.44. The molecule has 1 aliphatic rings. The second kappa shape index (κ2) is 7.21. The van der Waals surface area contributed by atoms with Crippen LogP contribution < -0.4 is 5.32 Å². The van der Waals surface area contributed by atoms with Gasteiger partial charge in [0, 0.05) is 31.7 Å². The molecule has 0 saturated carbocycles. The van der Waals surface area contributed by atoms with Gasteiger partial charge in [-0.1, -0.05) is 29.8 Å². The molecule has 0 aromatic heterocycles. The Hall–Kier alpha value is -0.900. The Morgan fingerprint density at radius 1 is 1.40 bits per heavy atom. The first-order valence-electron chi connectivity index (χ1n) is 7.60. The zero-order valence-corrected chi connectivity index (χ0v) is 13.1. The van der Waals surface area contributed by atoms with E-state index in [2.05, 4.69) is 48.5 Å². The Morgan fingerprint density at radius 3 is 2.90 bits per heavy atom. The molecule has 1 atom stereocenters. The van der Waals surface area contributed by atoms with Gasteiger partial charge in [-0.3, -0.25) is 0 Å². The summed E-state index contributed by atoms with van der Waals surface area (Å²) < 4.78 is 5.74. The second-order valence-corrected chi connectivity index (χ2v) is 6.35. The van der Waals surface area contributed by atoms with Gasteiger partial charge in [-0.25, -0.2) is 0 Å². The fourth-order valence-corrected chi connectivity index (χ4v) is 3.36. The van der Waals surface area contributed by atoms with Crippen molar-refractivity contribution in [2.45, 2.75) is 26.3 Å². The molecule has 20 heavy (non-hydrogen) atoms. The lowest BCUT2D eigenvalue weighted by Gasteiger charge is -2.40. The molecular formula is C17H28N2O. The van der Waals surface area contributed by atoms with Crippen LogP contribution in [0.1, 0.15) is 24.0 Å². The summed E-state index contributed by atoms with van der Waals surface area (Å²) in [5, 5.41) is 3.35. The van der Waals surface area contributed by atoms with E-state index in [1.54, 1.807) is 0 Å². The first-order chi connectivity index (χ1) is 9.63. The molecule has 1 fully saturated rings. The van der Waals surface area contributed by atoms with Crippen LogP contribution in [-0.2, 0) is 11.3 Å². The van der Waals surface area contributed by atoms with Crippen molar-refractivity contribution >= 4 is 0 Å². The summed E-state index contributed by atoms with van der Waals surface area (Å²) in [4.78, 5) is 2.43. The summed E-state index contributed by atoms with van der Waals surface area (Å²) in [5.74, 6) is 0. The summed E-state index contributed by atoms with van der Waals surface area (Å²) in [7, 11) is 4.26. The molecule has 112 valence electrons. The third-order valence-corrected chi connectivity index (χ3v) is 4.10. The van der Waals surface area contributed by atoms with Gasteiger partial charge >= 0.3 is 0 Å². The van der Waals surface area contributed by atoms with Crippen molar-refractivity contribution in [3.63, 3.8) is 0 Å². The molecule has 0 bridgehead atoms. The van der Waals surface area contributed by atoms with Gasteiger partial charge in [0.1, 0.15) is 0 Å². The normalized spacial score (nSPS) is 23.2. The number of benzene rings is 1. The predicted octanol–water partition coefficient (Wildman–Crippen LogP) is 2.44. The minimum absolute atomic E-state index is 0.269. The third-order valence-electron chi connectivity index (χ3n) is 4.10. The van der Waals surface area contributed by atoms with E-state index >= 15 is 0 Å². The smallest absolute Gasteiger partial charge is 0.0546 e. The van der Waals surface area contributed by atoms with Crippen molar-refractivity contribution in [1.29, 1.82) is 0 Å². The molecule has 0 amide bonds. The lowest BCUT2D eigenvalue weighted by Crippen LogP contribution is -2.47. The highest BCUT2D eigenvalue weighted by atomic mass is 16.5. The van der Waals surface area contributed by atoms with E-state index in [0.29, 0.717) is 0 Å². The zero-order valence-electron chi connectivity index (χ0n) is 13.1. The summed E-state index contributed by atoms with van der Waals surface area (Å²) >= 11 is 0. The van der Waals surface area contributed by atoms with E-state index < -0.39 is 0 Å². The third kappa shape index (κ3) is 4.30. The average molecular weight is 276 g/mol. The molecule has 1 N–H and O–H groups in total. The number of ether oxygens (including phenoxy) is 1. The van der Waals surface area contributed by atoms with Crippen LogP contribution >= 0.6 is 0 Å². The van der Waals surface area contributed by atoms with Gasteiger partial charge in [0.25, 0.3) is 0 Å². The lowest BCUT2D eigenvalue weighted by molar-refractivity contribution is -0.0228. The van der Waals surface area contributed by atoms with E-state index in [1.807, 2.05) is 7.05 Å². The number of nitrogens with one attached hydrogen (secondary N) is 1. The van der Waals surface area contributed by atoms with Gasteiger partial charge in [0.05, 0.1) is 6.61 Å². The molecule has 1 unspecified atom stereocenters. The van der Waals surface area contributed by atoms with Crippen LogP contribution in [0.15, 0.2) is 24.3 Å². The Morgan fingerprint density at radius 2 is 2.25 bits per heavy atom. The van der Waals surface area contributed by atoms with Crippen LogP contribution in [0.2, 0.25) is 0 Å². The molecular weight excluding hydrogens is 248 g/mol. The number of aryl methyl sites for hydroxylation is 1. The Kier molecular flexibility index (Phi) is 5.58. The topological polar surface area (TPSA) is 24.5 Å². The molecule has 3 heteroatoms. The molecule has 1 aromatic rings. The SMILES string of the molecule is CNCC1(CN(C)Cc2cccc(C)c2)CCCOC1. The number of hydrogen-bond acceptors (Lipinski definition) is 3. The van der Waals surface area contributed by atoms with Crippen LogP contribution in [0.4, 0.5) is 0 Å². The first kappa shape index (κ1) is 15.5. The summed E-state index contributed by atoms with van der Waals surface area (Å²) in [6.45, 7) is 7.08. The summed E-state index contributed by atoms with van der Waals surface area (Å²) in [5.41, 5.74) is 3.00. The van der Waals surface area contributed by atoms with E-state index in [9.17, 15) is 0 Å². The molecule has 1 aromatic carbocycles. The second-order valence-electron chi connectivity index (χ2n) is 6.35. The number of rotatable bonds is 6. The van der Waals surface area contributed by atoms with Crippen molar-refractivity contribution in [3.05, 3.63) is 35.4 Å². The van der Waals surface area contributed by atoms with Crippen molar-refractivity contribution in [3.8, 4) is 0 Å². The number of nitrogens with zero attached hydrogens (tertiary/aromatic N) is 1. The standard InChI is InChI=1S/C17H28N2O/c1-15-6-4-7-16(10-15)11-19(3)13-17(12-18-2)8-5-9-20-14-17/h4,6-7,10,18H,5,8-9,11-14H2,1-3H3. The molecule has 1 heterocycles. The van der Waals surface area contributed by atoms with E-state index in [1.165, 1.54) is 24.0 Å². The maximum atomic E-state index is 5.74. The molecule has 1 aliphatic heterocycles. The Bertz CT molecular complexity index is 408. The molecule has 1 saturated heterocycles. The fourth-order valence-electron chi connectivity index (χ4n) is 3.36. The summed E-state index contributed by atoms with van der Waals surface area (Å²) in [6, 6.07) is 8.79. The van der Waals surface area contributed by atoms with Crippen LogP contribution in [0.3, 0.4) is 0 Å². The maximum Gasteiger partial charge on any atom is 0.0546 e. The average Bonchev–Trinajstić information content (AvgIpc) is 2.39. The highest BCUT2D eigenvalue weighted by Crippen LogP contribution is 2.29. The van der Waals surface area contributed by atoms with Crippen molar-refractivity contribution < 1.29 is 4.74 Å². The van der Waals surface area contributed by atoms with Crippen molar-refractivity contribution in [2.75, 3.05) is 40.4 Å². The zero-order chi connectivity index (χ0) is 14.4. The monoisotopic (exact) mass is 276 g/mol. The highest BCUT2D eigenvalue weighted by molar-refractivity contribution is 5.22. The largest absolute Gasteiger partial charge is 0.381 e. The minimum atomic E-state index is 0.269. The van der Waals surface area contributed by atoms with Gasteiger partial charge in [-0.2, -0.15) is 0 Å². The van der Waals surface area contributed by atoms with Crippen LogP contribution in [0, 0.1) is 12.3 Å². The van der Waals surface area contributed by atoms with Gasteiger partial charge < -0.3 is 15.0 Å². The molecule has 3 nitrogen and oxygen atoms in total. The molecule has 0 aliphatic carbocycles.